The third kappa shape index (κ3) is 5.30. The Hall–Kier alpha value is -1.95. The van der Waals surface area contributed by atoms with Crippen LogP contribution in [0.15, 0.2) is 48.5 Å². The van der Waals surface area contributed by atoms with E-state index in [1.54, 1.807) is 19.2 Å². The summed E-state index contributed by atoms with van der Waals surface area (Å²) in [4.78, 5) is 23.2. The summed E-state index contributed by atoms with van der Waals surface area (Å²) in [6.45, 7) is 0. The number of rotatable bonds is 8. The number of methoxy groups -OCH3 is 1. The Bertz CT molecular complexity index is 709. The van der Waals surface area contributed by atoms with Crippen molar-refractivity contribution in [1.29, 1.82) is 0 Å². The average Bonchev–Trinajstić information content (AvgIpc) is 2.59. The van der Waals surface area contributed by atoms with Gasteiger partial charge < -0.3 is 0 Å². The molecule has 0 aliphatic heterocycles. The van der Waals surface area contributed by atoms with Crippen LogP contribution in [0.3, 0.4) is 0 Å². The van der Waals surface area contributed by atoms with Gasteiger partial charge in [0.1, 0.15) is 0 Å². The number of nitrogens with one attached hydrogen (secondary N) is 1. The van der Waals surface area contributed by atoms with Gasteiger partial charge in [0.25, 0.3) is 0 Å². The van der Waals surface area contributed by atoms with Gasteiger partial charge >= 0.3 is 150 Å². The Morgan fingerprint density at radius 3 is 2.58 bits per heavy atom. The summed E-state index contributed by atoms with van der Waals surface area (Å²) in [5, 5.41) is 11.6. The van der Waals surface area contributed by atoms with Crippen molar-refractivity contribution in [1.82, 2.24) is 0 Å². The second kappa shape index (κ2) is 9.37. The molecule has 0 aromatic heterocycles. The predicted molar refractivity (Wildman–Crippen MR) is 97.5 cm³/mol. The molecule has 7 heteroatoms. The first kappa shape index (κ1) is 18.4. The van der Waals surface area contributed by atoms with Crippen molar-refractivity contribution in [2.45, 2.75) is 6.42 Å². The number of carboxylic acid groups (broad SMARTS) is 1. The number of amides is 1. The summed E-state index contributed by atoms with van der Waals surface area (Å²) < 4.78 is 6.20. The molecule has 0 radical (unpaired) electrons. The Morgan fingerprint density at radius 2 is 1.92 bits per heavy atom. The standard InChI is InChI=1S/C17H17NO4SSe/c1-22-14-9-5-8-13(16(14)24-23-11-10-15(19)20)17(21)18-12-6-3-2-4-7-12/h2-9H,10-11H2,1H3,(H,18,21)(H,19,20). The zero-order valence-corrected chi connectivity index (χ0v) is 15.6. The van der Waals surface area contributed by atoms with Gasteiger partial charge in [-0.05, 0) is 0 Å². The van der Waals surface area contributed by atoms with Crippen molar-refractivity contribution in [2.24, 2.45) is 0 Å². The number of para-hydroxylation sites is 1. The summed E-state index contributed by atoms with van der Waals surface area (Å²) in [6.07, 6.45) is 0.104. The van der Waals surface area contributed by atoms with E-state index in [1.165, 1.54) is 10.2 Å². The van der Waals surface area contributed by atoms with Crippen LogP contribution in [0.4, 0.5) is 5.69 Å². The third-order valence-corrected chi connectivity index (χ3v) is 7.40. The molecule has 24 heavy (non-hydrogen) atoms. The molecule has 0 fully saturated rings. The predicted octanol–water partition coefficient (Wildman–Crippen LogP) is 2.40. The first-order valence-electron chi connectivity index (χ1n) is 7.16. The zero-order valence-electron chi connectivity index (χ0n) is 13.0. The van der Waals surface area contributed by atoms with Crippen LogP contribution in [0, 0.1) is 0 Å². The van der Waals surface area contributed by atoms with Gasteiger partial charge in [0.15, 0.2) is 0 Å². The monoisotopic (exact) mass is 411 g/mol. The van der Waals surface area contributed by atoms with Gasteiger partial charge in [-0.15, -0.1) is 0 Å². The van der Waals surface area contributed by atoms with Gasteiger partial charge in [-0.2, -0.15) is 0 Å². The number of hydrogen-bond acceptors (Lipinski definition) is 4. The van der Waals surface area contributed by atoms with Crippen molar-refractivity contribution >= 4 is 46.0 Å². The van der Waals surface area contributed by atoms with Crippen LogP contribution in [0.25, 0.3) is 0 Å². The molecular formula is C17H17NO4SSe. The van der Waals surface area contributed by atoms with Gasteiger partial charge in [-0.1, -0.05) is 0 Å². The number of anilines is 1. The molecule has 0 saturated carbocycles. The normalized spacial score (nSPS) is 10.2. The van der Waals surface area contributed by atoms with E-state index in [9.17, 15) is 9.59 Å². The molecule has 0 aliphatic carbocycles. The molecule has 0 unspecified atom stereocenters. The van der Waals surface area contributed by atoms with Crippen LogP contribution in [-0.2, 0) is 4.79 Å². The molecule has 0 bridgehead atoms. The maximum absolute atomic E-state index is 12.6. The van der Waals surface area contributed by atoms with Gasteiger partial charge in [-0.25, -0.2) is 0 Å². The van der Waals surface area contributed by atoms with E-state index in [2.05, 4.69) is 5.32 Å². The zero-order chi connectivity index (χ0) is 17.4. The topological polar surface area (TPSA) is 75.6 Å². The SMILES string of the molecule is COc1cccc(C(=O)Nc2ccccc2)c1[Se]SCCC(=O)O. The van der Waals surface area contributed by atoms with Crippen LogP contribution >= 0.6 is 10.2 Å². The number of carbonyl (C=O) groups is 2. The van der Waals surface area contributed by atoms with Gasteiger partial charge in [0.05, 0.1) is 0 Å². The van der Waals surface area contributed by atoms with E-state index in [1.807, 2.05) is 36.4 Å². The number of carbonyl (C=O) groups excluding carboxylic acids is 1. The van der Waals surface area contributed by atoms with Gasteiger partial charge in [0, 0.05) is 0 Å². The molecule has 126 valence electrons. The van der Waals surface area contributed by atoms with E-state index < -0.39 is 5.97 Å². The van der Waals surface area contributed by atoms with Crippen molar-refractivity contribution in [3.8, 4) is 5.75 Å². The first-order chi connectivity index (χ1) is 11.6. The summed E-state index contributed by atoms with van der Waals surface area (Å²) in [5.74, 6) is 0.141. The molecule has 0 spiro atoms. The van der Waals surface area contributed by atoms with Crippen molar-refractivity contribution in [3.63, 3.8) is 0 Å². The summed E-state index contributed by atoms with van der Waals surface area (Å²) in [7, 11) is 3.09. The van der Waals surface area contributed by atoms with Crippen LogP contribution in [0.2, 0.25) is 0 Å². The average molecular weight is 410 g/mol. The molecule has 2 N–H and O–H groups in total. The number of aliphatic carboxylic acids is 1. The van der Waals surface area contributed by atoms with Crippen molar-refractivity contribution < 1.29 is 19.4 Å². The fraction of sp³-hybridized carbons (Fsp3) is 0.176. The molecular weight excluding hydrogens is 393 g/mol. The molecule has 0 heterocycles. The minimum absolute atomic E-state index is 0.104. The molecule has 2 rings (SSSR count). The summed E-state index contributed by atoms with van der Waals surface area (Å²) in [6, 6.07) is 14.6. The van der Waals surface area contributed by atoms with Crippen LogP contribution in [-0.4, -0.2) is 43.7 Å². The van der Waals surface area contributed by atoms with Crippen LogP contribution < -0.4 is 14.5 Å². The second-order valence-electron chi connectivity index (χ2n) is 4.71. The van der Waals surface area contributed by atoms with E-state index in [0.29, 0.717) is 17.1 Å². The van der Waals surface area contributed by atoms with E-state index in [4.69, 9.17) is 9.84 Å². The summed E-state index contributed by atoms with van der Waals surface area (Å²) >= 11 is -0.120. The van der Waals surface area contributed by atoms with Gasteiger partial charge in [-0.3, -0.25) is 0 Å². The molecule has 0 aliphatic rings. The number of ether oxygens (including phenoxy) is 1. The van der Waals surface area contributed by atoms with Crippen molar-refractivity contribution in [3.05, 3.63) is 54.1 Å². The Balaban J connectivity index is 2.15. The van der Waals surface area contributed by atoms with E-state index in [0.717, 1.165) is 10.1 Å². The third-order valence-electron chi connectivity index (χ3n) is 3.02. The van der Waals surface area contributed by atoms with E-state index >= 15 is 0 Å². The van der Waals surface area contributed by atoms with Crippen molar-refractivity contribution in [2.75, 3.05) is 18.2 Å². The fourth-order valence-electron chi connectivity index (χ4n) is 1.89. The number of hydrogen-bond donors (Lipinski definition) is 2. The molecule has 2 aromatic rings. The quantitative estimate of drug-likeness (QED) is 0.517. The Kier molecular flexibility index (Phi) is 7.18. The van der Waals surface area contributed by atoms with E-state index in [-0.39, 0.29) is 26.2 Å². The first-order valence-corrected chi connectivity index (χ1v) is 11.0. The minimum atomic E-state index is -0.819. The van der Waals surface area contributed by atoms with Crippen LogP contribution in [0.5, 0.6) is 5.75 Å². The molecule has 2 aromatic carbocycles. The molecule has 0 saturated heterocycles. The number of benzene rings is 2. The Morgan fingerprint density at radius 1 is 1.17 bits per heavy atom. The fourth-order valence-corrected chi connectivity index (χ4v) is 6.05. The number of carboxylic acids is 1. The van der Waals surface area contributed by atoms with Gasteiger partial charge in [0.2, 0.25) is 0 Å². The molecule has 1 amide bonds. The molecule has 0 atom stereocenters. The Labute approximate surface area is 150 Å². The second-order valence-corrected chi connectivity index (χ2v) is 8.91. The van der Waals surface area contributed by atoms with Crippen LogP contribution in [0.1, 0.15) is 16.8 Å². The molecule has 5 nitrogen and oxygen atoms in total. The summed E-state index contributed by atoms with van der Waals surface area (Å²) in [5.41, 5.74) is 1.28. The maximum atomic E-state index is 12.6.